The number of carbonyl (C=O) groups is 1. The molecular weight excluding hydrogens is 379 g/mol. The van der Waals surface area contributed by atoms with Gasteiger partial charge in [0.2, 0.25) is 0 Å². The van der Waals surface area contributed by atoms with Gasteiger partial charge in [0.1, 0.15) is 5.82 Å². The normalized spacial score (nSPS) is 19.8. The SMILES string of the molecule is O=C(Nc1cnn([C@H]2C[C@@H](CO)N(Cc3ccsc3)C2)c1)c1cccc(F)c1. The van der Waals surface area contributed by atoms with Crippen molar-refractivity contribution in [1.82, 2.24) is 14.7 Å². The molecule has 0 spiro atoms. The van der Waals surface area contributed by atoms with Crippen LogP contribution in [0.4, 0.5) is 10.1 Å². The van der Waals surface area contributed by atoms with Crippen molar-refractivity contribution in [3.8, 4) is 0 Å². The van der Waals surface area contributed by atoms with Crippen LogP contribution < -0.4 is 5.32 Å². The van der Waals surface area contributed by atoms with Crippen molar-refractivity contribution in [2.75, 3.05) is 18.5 Å². The fourth-order valence-corrected chi connectivity index (χ4v) is 4.24. The molecule has 1 saturated heterocycles. The van der Waals surface area contributed by atoms with Crippen molar-refractivity contribution < 1.29 is 14.3 Å². The number of anilines is 1. The molecule has 0 radical (unpaired) electrons. The van der Waals surface area contributed by atoms with Crippen LogP contribution in [-0.4, -0.2) is 44.9 Å². The van der Waals surface area contributed by atoms with Gasteiger partial charge in [-0.15, -0.1) is 0 Å². The molecular formula is C20H21FN4O2S. The number of rotatable bonds is 6. The van der Waals surface area contributed by atoms with Crippen molar-refractivity contribution in [3.63, 3.8) is 0 Å². The molecule has 2 aromatic heterocycles. The Morgan fingerprint density at radius 3 is 3.04 bits per heavy atom. The first-order chi connectivity index (χ1) is 13.6. The highest BCUT2D eigenvalue weighted by Crippen LogP contribution is 2.29. The number of nitrogens with zero attached hydrogens (tertiary/aromatic N) is 3. The van der Waals surface area contributed by atoms with E-state index in [9.17, 15) is 14.3 Å². The van der Waals surface area contributed by atoms with E-state index in [1.54, 1.807) is 29.8 Å². The van der Waals surface area contributed by atoms with Crippen LogP contribution in [0.5, 0.6) is 0 Å². The molecule has 0 aliphatic carbocycles. The third-order valence-electron chi connectivity index (χ3n) is 5.00. The number of nitrogens with one attached hydrogen (secondary N) is 1. The summed E-state index contributed by atoms with van der Waals surface area (Å²) in [6.07, 6.45) is 4.16. The summed E-state index contributed by atoms with van der Waals surface area (Å²) in [7, 11) is 0. The van der Waals surface area contributed by atoms with Crippen LogP contribution in [0.15, 0.2) is 53.5 Å². The molecule has 4 rings (SSSR count). The Morgan fingerprint density at radius 1 is 1.39 bits per heavy atom. The lowest BCUT2D eigenvalue weighted by Crippen LogP contribution is -2.31. The molecule has 1 amide bonds. The summed E-state index contributed by atoms with van der Waals surface area (Å²) in [5.41, 5.74) is 2.06. The molecule has 2 atom stereocenters. The third-order valence-corrected chi connectivity index (χ3v) is 5.73. The maximum atomic E-state index is 13.3. The molecule has 3 heterocycles. The van der Waals surface area contributed by atoms with Crippen molar-refractivity contribution in [2.45, 2.75) is 25.0 Å². The Kier molecular flexibility index (Phi) is 5.52. The smallest absolute Gasteiger partial charge is 0.255 e. The number of carbonyl (C=O) groups excluding carboxylic acids is 1. The van der Waals surface area contributed by atoms with E-state index in [4.69, 9.17) is 0 Å². The number of halogens is 1. The fraction of sp³-hybridized carbons (Fsp3) is 0.300. The largest absolute Gasteiger partial charge is 0.395 e. The number of thiophene rings is 1. The number of hydrogen-bond acceptors (Lipinski definition) is 5. The van der Waals surface area contributed by atoms with Gasteiger partial charge in [0.25, 0.3) is 5.91 Å². The molecule has 1 aliphatic rings. The van der Waals surface area contributed by atoms with E-state index in [0.717, 1.165) is 19.5 Å². The maximum absolute atomic E-state index is 13.3. The summed E-state index contributed by atoms with van der Waals surface area (Å²) in [6.45, 7) is 1.68. The molecule has 3 aromatic rings. The van der Waals surface area contributed by atoms with E-state index in [0.29, 0.717) is 5.69 Å². The van der Waals surface area contributed by atoms with Crippen LogP contribution in [-0.2, 0) is 6.54 Å². The van der Waals surface area contributed by atoms with Crippen molar-refractivity contribution in [2.24, 2.45) is 0 Å². The van der Waals surface area contributed by atoms with E-state index < -0.39 is 5.82 Å². The highest BCUT2D eigenvalue weighted by atomic mass is 32.1. The van der Waals surface area contributed by atoms with Gasteiger partial charge in [-0.05, 0) is 47.0 Å². The topological polar surface area (TPSA) is 70.4 Å². The van der Waals surface area contributed by atoms with Gasteiger partial charge >= 0.3 is 0 Å². The highest BCUT2D eigenvalue weighted by Gasteiger charge is 2.33. The number of amides is 1. The summed E-state index contributed by atoms with van der Waals surface area (Å²) >= 11 is 1.67. The summed E-state index contributed by atoms with van der Waals surface area (Å²) in [4.78, 5) is 14.5. The molecule has 28 heavy (non-hydrogen) atoms. The van der Waals surface area contributed by atoms with E-state index in [1.807, 2.05) is 4.68 Å². The zero-order valence-corrected chi connectivity index (χ0v) is 16.0. The van der Waals surface area contributed by atoms with Crippen LogP contribution in [0.1, 0.15) is 28.4 Å². The van der Waals surface area contributed by atoms with Gasteiger partial charge in [0.15, 0.2) is 0 Å². The monoisotopic (exact) mass is 400 g/mol. The number of aromatic nitrogens is 2. The summed E-state index contributed by atoms with van der Waals surface area (Å²) in [6, 6.07) is 7.87. The minimum Gasteiger partial charge on any atom is -0.395 e. The molecule has 2 N–H and O–H groups in total. The standard InChI is InChI=1S/C20H21FN4O2S/c21-16-3-1-2-15(6-16)20(27)23-17-8-22-25(10-17)18-7-19(12-26)24(11-18)9-14-4-5-28-13-14/h1-6,8,10,13,18-19,26H,7,9,11-12H2,(H,23,27)/t18-,19-/m0/s1. The minimum atomic E-state index is -0.449. The number of hydrogen-bond donors (Lipinski definition) is 2. The van der Waals surface area contributed by atoms with Crippen LogP contribution in [0.2, 0.25) is 0 Å². The Balaban J connectivity index is 1.41. The fourth-order valence-electron chi connectivity index (χ4n) is 3.59. The van der Waals surface area contributed by atoms with Gasteiger partial charge in [0, 0.05) is 30.9 Å². The Bertz CT molecular complexity index is 943. The van der Waals surface area contributed by atoms with Gasteiger partial charge in [-0.25, -0.2) is 4.39 Å². The predicted molar refractivity (Wildman–Crippen MR) is 106 cm³/mol. The van der Waals surface area contributed by atoms with Crippen LogP contribution in [0, 0.1) is 5.82 Å². The zero-order chi connectivity index (χ0) is 19.5. The predicted octanol–water partition coefficient (Wildman–Crippen LogP) is 3.14. The first-order valence-electron chi connectivity index (χ1n) is 9.09. The summed E-state index contributed by atoms with van der Waals surface area (Å²) < 4.78 is 15.1. The first-order valence-corrected chi connectivity index (χ1v) is 10.0. The molecule has 0 bridgehead atoms. The lowest BCUT2D eigenvalue weighted by Gasteiger charge is -2.21. The second-order valence-electron chi connectivity index (χ2n) is 6.96. The number of likely N-dealkylation sites (tertiary alicyclic amines) is 1. The van der Waals surface area contributed by atoms with Gasteiger partial charge in [0.05, 0.1) is 24.5 Å². The minimum absolute atomic E-state index is 0.0828. The summed E-state index contributed by atoms with van der Waals surface area (Å²) in [5.74, 6) is -0.826. The second-order valence-corrected chi connectivity index (χ2v) is 7.74. The van der Waals surface area contributed by atoms with Gasteiger partial charge in [-0.2, -0.15) is 16.4 Å². The van der Waals surface area contributed by atoms with Crippen molar-refractivity contribution in [1.29, 1.82) is 0 Å². The third kappa shape index (κ3) is 4.14. The average Bonchev–Trinajstić information content (AvgIpc) is 3.43. The van der Waals surface area contributed by atoms with Crippen molar-refractivity contribution in [3.05, 3.63) is 70.4 Å². The van der Waals surface area contributed by atoms with Crippen LogP contribution in [0.25, 0.3) is 0 Å². The molecule has 146 valence electrons. The first kappa shape index (κ1) is 18.8. The maximum Gasteiger partial charge on any atom is 0.255 e. The molecule has 6 nitrogen and oxygen atoms in total. The molecule has 8 heteroatoms. The quantitative estimate of drug-likeness (QED) is 0.667. The lowest BCUT2D eigenvalue weighted by atomic mass is 10.2. The van der Waals surface area contributed by atoms with Gasteiger partial charge in [-0.3, -0.25) is 14.4 Å². The molecule has 0 unspecified atom stereocenters. The lowest BCUT2D eigenvalue weighted by molar-refractivity contribution is 0.102. The summed E-state index contributed by atoms with van der Waals surface area (Å²) in [5, 5.41) is 21.1. The van der Waals surface area contributed by atoms with E-state index >= 15 is 0 Å². The van der Waals surface area contributed by atoms with E-state index in [2.05, 4.69) is 32.1 Å². The van der Waals surface area contributed by atoms with E-state index in [1.165, 1.54) is 23.8 Å². The van der Waals surface area contributed by atoms with Gasteiger partial charge < -0.3 is 10.4 Å². The Labute approximate surface area is 166 Å². The van der Waals surface area contributed by atoms with Gasteiger partial charge in [-0.1, -0.05) is 6.07 Å². The number of aliphatic hydroxyl groups is 1. The molecule has 1 aromatic carbocycles. The van der Waals surface area contributed by atoms with Crippen molar-refractivity contribution >= 4 is 22.9 Å². The molecule has 1 fully saturated rings. The average molecular weight is 400 g/mol. The number of benzene rings is 1. The Morgan fingerprint density at radius 2 is 2.29 bits per heavy atom. The molecule has 0 saturated carbocycles. The van der Waals surface area contributed by atoms with Crippen LogP contribution >= 0.6 is 11.3 Å². The number of aliphatic hydroxyl groups excluding tert-OH is 1. The zero-order valence-electron chi connectivity index (χ0n) is 15.2. The van der Waals surface area contributed by atoms with E-state index in [-0.39, 0.29) is 30.2 Å². The van der Waals surface area contributed by atoms with Crippen LogP contribution in [0.3, 0.4) is 0 Å². The molecule has 1 aliphatic heterocycles. The highest BCUT2D eigenvalue weighted by molar-refractivity contribution is 7.07. The Hall–Kier alpha value is -2.55. The second kappa shape index (κ2) is 8.22.